The van der Waals surface area contributed by atoms with Crippen molar-refractivity contribution in [1.29, 1.82) is 0 Å². The lowest BCUT2D eigenvalue weighted by Gasteiger charge is -2.05. The molecule has 6 nitrogen and oxygen atoms in total. The van der Waals surface area contributed by atoms with Gasteiger partial charge in [-0.1, -0.05) is 13.3 Å². The average Bonchev–Trinajstić information content (AvgIpc) is 2.77. The molecule has 0 saturated heterocycles. The number of ether oxygens (including phenoxy) is 1. The van der Waals surface area contributed by atoms with Crippen LogP contribution in [-0.4, -0.2) is 33.8 Å². The molecule has 0 aliphatic rings. The monoisotopic (exact) mass is 292 g/mol. The molecule has 0 amide bonds. The number of unbranched alkanes of at least 4 members (excludes halogenated alkanes) is 1. The molecular formula is C15H20N2O4. The second kappa shape index (κ2) is 7.08. The number of aryl methyl sites for hydroxylation is 1. The molecule has 1 aromatic carbocycles. The molecule has 1 aromatic heterocycles. The minimum atomic E-state index is -1.00. The maximum Gasteiger partial charge on any atom is 0.335 e. The summed E-state index contributed by atoms with van der Waals surface area (Å²) in [5.74, 6) is -1.00. The lowest BCUT2D eigenvalue weighted by molar-refractivity contribution is 0.0697. The fourth-order valence-corrected chi connectivity index (χ4v) is 2.19. The van der Waals surface area contributed by atoms with Gasteiger partial charge in [-0.3, -0.25) is 4.57 Å². The van der Waals surface area contributed by atoms with Gasteiger partial charge in [0, 0.05) is 19.8 Å². The summed E-state index contributed by atoms with van der Waals surface area (Å²) in [6.07, 6.45) is 2.90. The summed E-state index contributed by atoms with van der Waals surface area (Å²) in [6, 6.07) is 4.65. The molecule has 0 radical (unpaired) electrons. The first kappa shape index (κ1) is 15.3. The van der Waals surface area contributed by atoms with Crippen LogP contribution in [-0.2, 0) is 11.3 Å². The smallest absolute Gasteiger partial charge is 0.335 e. The zero-order valence-corrected chi connectivity index (χ0v) is 12.1. The average molecular weight is 292 g/mol. The van der Waals surface area contributed by atoms with Gasteiger partial charge in [0.2, 0.25) is 0 Å². The number of fused-ring (bicyclic) bond motifs is 1. The first-order valence-electron chi connectivity index (χ1n) is 7.17. The highest BCUT2D eigenvalue weighted by molar-refractivity contribution is 5.92. The van der Waals surface area contributed by atoms with E-state index in [0.717, 1.165) is 31.4 Å². The predicted molar refractivity (Wildman–Crippen MR) is 79.9 cm³/mol. The Hall–Kier alpha value is -2.08. The topological polar surface area (TPSA) is 84.3 Å². The Morgan fingerprint density at radius 2 is 2.10 bits per heavy atom. The van der Waals surface area contributed by atoms with Crippen LogP contribution in [0.2, 0.25) is 0 Å². The number of H-pyrrole nitrogens is 1. The van der Waals surface area contributed by atoms with Gasteiger partial charge in [-0.2, -0.15) is 0 Å². The molecule has 0 fully saturated rings. The first-order valence-corrected chi connectivity index (χ1v) is 7.17. The van der Waals surface area contributed by atoms with E-state index >= 15 is 0 Å². The van der Waals surface area contributed by atoms with Crippen molar-refractivity contribution in [2.75, 3.05) is 13.2 Å². The second-order valence-corrected chi connectivity index (χ2v) is 4.94. The number of carboxylic acids is 1. The van der Waals surface area contributed by atoms with Crippen LogP contribution in [0.4, 0.5) is 0 Å². The summed E-state index contributed by atoms with van der Waals surface area (Å²) in [7, 11) is 0. The number of imidazole rings is 1. The normalized spacial score (nSPS) is 11.1. The Balaban J connectivity index is 2.04. The Morgan fingerprint density at radius 1 is 1.33 bits per heavy atom. The molecule has 21 heavy (non-hydrogen) atoms. The number of nitrogens with one attached hydrogen (secondary N) is 1. The SMILES string of the molecule is CCCCOCCCn1c(=O)[nH]c2cc(C(=O)O)ccc21. The van der Waals surface area contributed by atoms with E-state index in [4.69, 9.17) is 9.84 Å². The number of rotatable bonds is 8. The Morgan fingerprint density at radius 3 is 2.81 bits per heavy atom. The Kier molecular flexibility index (Phi) is 5.16. The molecule has 0 atom stereocenters. The van der Waals surface area contributed by atoms with E-state index in [1.807, 2.05) is 0 Å². The summed E-state index contributed by atoms with van der Waals surface area (Å²) in [6.45, 7) is 4.03. The van der Waals surface area contributed by atoms with Gasteiger partial charge in [-0.15, -0.1) is 0 Å². The molecule has 0 aliphatic carbocycles. The summed E-state index contributed by atoms with van der Waals surface area (Å²) in [5.41, 5.74) is 1.21. The van der Waals surface area contributed by atoms with E-state index in [9.17, 15) is 9.59 Å². The summed E-state index contributed by atoms with van der Waals surface area (Å²) in [5, 5.41) is 8.95. The van der Waals surface area contributed by atoms with Gasteiger partial charge in [0.1, 0.15) is 0 Å². The van der Waals surface area contributed by atoms with E-state index in [0.29, 0.717) is 18.7 Å². The van der Waals surface area contributed by atoms with E-state index in [1.54, 1.807) is 10.6 Å². The minimum Gasteiger partial charge on any atom is -0.478 e. The molecule has 2 rings (SSSR count). The molecule has 2 aromatic rings. The van der Waals surface area contributed by atoms with Crippen LogP contribution in [0.3, 0.4) is 0 Å². The zero-order chi connectivity index (χ0) is 15.2. The van der Waals surface area contributed by atoms with Gasteiger partial charge >= 0.3 is 11.7 Å². The first-order chi connectivity index (χ1) is 10.1. The number of carbonyl (C=O) groups is 1. The fraction of sp³-hybridized carbons (Fsp3) is 0.467. The van der Waals surface area contributed by atoms with Crippen LogP contribution in [0.1, 0.15) is 36.5 Å². The highest BCUT2D eigenvalue weighted by Crippen LogP contribution is 2.13. The van der Waals surface area contributed by atoms with Gasteiger partial charge in [0.15, 0.2) is 0 Å². The predicted octanol–water partition coefficient (Wildman–Crippen LogP) is 2.23. The molecule has 0 saturated carbocycles. The van der Waals surface area contributed by atoms with Crippen molar-refractivity contribution in [3.8, 4) is 0 Å². The number of hydrogen-bond acceptors (Lipinski definition) is 3. The third kappa shape index (κ3) is 3.72. The molecule has 1 heterocycles. The quantitative estimate of drug-likeness (QED) is 0.731. The Bertz CT molecular complexity index is 672. The number of aromatic carboxylic acids is 1. The van der Waals surface area contributed by atoms with Gasteiger partial charge in [-0.05, 0) is 31.0 Å². The van der Waals surface area contributed by atoms with Gasteiger partial charge in [-0.25, -0.2) is 9.59 Å². The van der Waals surface area contributed by atoms with Crippen LogP contribution >= 0.6 is 0 Å². The third-order valence-corrected chi connectivity index (χ3v) is 3.33. The molecule has 6 heteroatoms. The van der Waals surface area contributed by atoms with Crippen LogP contribution < -0.4 is 5.69 Å². The number of benzene rings is 1. The highest BCUT2D eigenvalue weighted by atomic mass is 16.5. The van der Waals surface area contributed by atoms with Gasteiger partial charge in [0.25, 0.3) is 0 Å². The summed E-state index contributed by atoms with van der Waals surface area (Å²) < 4.78 is 7.09. The lowest BCUT2D eigenvalue weighted by Crippen LogP contribution is -2.17. The molecular weight excluding hydrogens is 272 g/mol. The van der Waals surface area contributed by atoms with E-state index < -0.39 is 5.97 Å². The van der Waals surface area contributed by atoms with Crippen molar-refractivity contribution in [1.82, 2.24) is 9.55 Å². The largest absolute Gasteiger partial charge is 0.478 e. The van der Waals surface area contributed by atoms with Crippen molar-refractivity contribution < 1.29 is 14.6 Å². The molecule has 2 N–H and O–H groups in total. The van der Waals surface area contributed by atoms with Crippen molar-refractivity contribution >= 4 is 17.0 Å². The molecule has 114 valence electrons. The zero-order valence-electron chi connectivity index (χ0n) is 12.1. The van der Waals surface area contributed by atoms with E-state index in [2.05, 4.69) is 11.9 Å². The molecule has 0 spiro atoms. The van der Waals surface area contributed by atoms with Crippen molar-refractivity contribution in [2.45, 2.75) is 32.7 Å². The van der Waals surface area contributed by atoms with Gasteiger partial charge < -0.3 is 14.8 Å². The van der Waals surface area contributed by atoms with Crippen LogP contribution in [0.5, 0.6) is 0 Å². The number of aromatic amines is 1. The number of nitrogens with zero attached hydrogens (tertiary/aromatic N) is 1. The van der Waals surface area contributed by atoms with Crippen molar-refractivity contribution in [3.63, 3.8) is 0 Å². The fourth-order valence-electron chi connectivity index (χ4n) is 2.19. The number of aromatic nitrogens is 2. The number of carboxylic acid groups (broad SMARTS) is 1. The van der Waals surface area contributed by atoms with Crippen LogP contribution in [0, 0.1) is 0 Å². The summed E-state index contributed by atoms with van der Waals surface area (Å²) in [4.78, 5) is 25.5. The maximum absolute atomic E-state index is 11.9. The highest BCUT2D eigenvalue weighted by Gasteiger charge is 2.09. The summed E-state index contributed by atoms with van der Waals surface area (Å²) >= 11 is 0. The lowest BCUT2D eigenvalue weighted by atomic mass is 10.2. The third-order valence-electron chi connectivity index (χ3n) is 3.33. The van der Waals surface area contributed by atoms with Crippen molar-refractivity contribution in [2.24, 2.45) is 0 Å². The van der Waals surface area contributed by atoms with E-state index in [-0.39, 0.29) is 11.3 Å². The van der Waals surface area contributed by atoms with Gasteiger partial charge in [0.05, 0.1) is 16.6 Å². The van der Waals surface area contributed by atoms with E-state index in [1.165, 1.54) is 12.1 Å². The Labute approximate surface area is 122 Å². The maximum atomic E-state index is 11.9. The van der Waals surface area contributed by atoms with Crippen LogP contribution in [0.25, 0.3) is 11.0 Å². The number of hydrogen-bond donors (Lipinski definition) is 2. The van der Waals surface area contributed by atoms with Crippen LogP contribution in [0.15, 0.2) is 23.0 Å². The molecule has 0 bridgehead atoms. The minimum absolute atomic E-state index is 0.166. The second-order valence-electron chi connectivity index (χ2n) is 4.94. The standard InChI is InChI=1S/C15H20N2O4/c1-2-3-8-21-9-4-7-17-13-6-5-11(14(18)19)10-12(13)16-15(17)20/h5-6,10H,2-4,7-9H2,1H3,(H,16,20)(H,18,19). The molecule has 0 aliphatic heterocycles. The van der Waals surface area contributed by atoms with Crippen molar-refractivity contribution in [3.05, 3.63) is 34.2 Å². The molecule has 0 unspecified atom stereocenters.